The van der Waals surface area contributed by atoms with Gasteiger partial charge in [-0.3, -0.25) is 0 Å². The first-order chi connectivity index (χ1) is 10.0. The van der Waals surface area contributed by atoms with E-state index < -0.39 is 20.9 Å². The predicted molar refractivity (Wildman–Crippen MR) is 69.4 cm³/mol. The van der Waals surface area contributed by atoms with Gasteiger partial charge in [-0.25, -0.2) is 12.8 Å². The zero-order valence-corrected chi connectivity index (χ0v) is 11.6. The third-order valence-corrected chi connectivity index (χ3v) is 5.28. The van der Waals surface area contributed by atoms with Crippen molar-refractivity contribution in [2.24, 2.45) is 5.73 Å². The van der Waals surface area contributed by atoms with Gasteiger partial charge in [0.25, 0.3) is 0 Å². The Bertz CT molecular complexity index is 771. The Balaban J connectivity index is 1.96. The van der Waals surface area contributed by atoms with Gasteiger partial charge < -0.3 is 15.0 Å². The van der Waals surface area contributed by atoms with E-state index in [0.29, 0.717) is 5.56 Å². The molecule has 1 aliphatic rings. The molecule has 1 aromatic heterocycles. The van der Waals surface area contributed by atoms with E-state index in [1.165, 1.54) is 12.1 Å². The highest BCUT2D eigenvalue weighted by Gasteiger charge is 2.35. The van der Waals surface area contributed by atoms with Crippen LogP contribution in [-0.4, -0.2) is 37.0 Å². The van der Waals surface area contributed by atoms with Crippen molar-refractivity contribution >= 4 is 9.84 Å². The summed E-state index contributed by atoms with van der Waals surface area (Å²) in [6.45, 7) is 0.256. The summed E-state index contributed by atoms with van der Waals surface area (Å²) in [4.78, 5) is 3.61. The fraction of sp³-hybridized carbons (Fsp3) is 0.333. The number of hydrogen-bond acceptors (Lipinski definition) is 7. The number of benzene rings is 1. The van der Waals surface area contributed by atoms with E-state index in [4.69, 9.17) is 15.0 Å². The molecule has 1 fully saturated rings. The monoisotopic (exact) mass is 313 g/mol. The quantitative estimate of drug-likeness (QED) is 0.875. The van der Waals surface area contributed by atoms with Crippen molar-refractivity contribution in [1.29, 1.82) is 0 Å². The van der Waals surface area contributed by atoms with E-state index in [1.807, 2.05) is 0 Å². The molecule has 0 bridgehead atoms. The summed E-state index contributed by atoms with van der Waals surface area (Å²) in [5, 5.41) is 2.96. The molecule has 2 heterocycles. The molecule has 9 heteroatoms. The van der Waals surface area contributed by atoms with E-state index in [9.17, 15) is 12.8 Å². The van der Waals surface area contributed by atoms with E-state index in [2.05, 4.69) is 10.1 Å². The van der Waals surface area contributed by atoms with Crippen LogP contribution in [0.1, 0.15) is 5.89 Å². The number of ether oxygens (including phenoxy) is 1. The third kappa shape index (κ3) is 2.43. The fourth-order valence-electron chi connectivity index (χ4n) is 1.90. The molecule has 1 aliphatic heterocycles. The first kappa shape index (κ1) is 14.1. The molecule has 2 N–H and O–H groups in total. The van der Waals surface area contributed by atoms with Crippen molar-refractivity contribution in [2.75, 3.05) is 13.2 Å². The van der Waals surface area contributed by atoms with Crippen LogP contribution in [0.4, 0.5) is 4.39 Å². The van der Waals surface area contributed by atoms with E-state index >= 15 is 0 Å². The molecule has 0 atom stereocenters. The van der Waals surface area contributed by atoms with Gasteiger partial charge in [-0.1, -0.05) is 5.16 Å². The minimum atomic E-state index is -3.72. The number of aromatic nitrogens is 2. The molecule has 3 rings (SSSR count). The summed E-state index contributed by atoms with van der Waals surface area (Å²) in [5.74, 6) is -0.475. The van der Waals surface area contributed by atoms with Gasteiger partial charge in [0, 0.05) is 5.56 Å². The lowest BCUT2D eigenvalue weighted by Crippen LogP contribution is -2.40. The minimum absolute atomic E-state index is 0.0730. The maximum Gasteiger partial charge on any atom is 0.240 e. The number of sulfone groups is 1. The Morgan fingerprint density at radius 2 is 2.14 bits per heavy atom. The molecule has 0 radical (unpaired) electrons. The molecule has 0 aliphatic carbocycles. The lowest BCUT2D eigenvalue weighted by atomic mass is 10.2. The summed E-state index contributed by atoms with van der Waals surface area (Å²) in [6, 6.07) is 3.70. The smallest absolute Gasteiger partial charge is 0.240 e. The molecule has 0 unspecified atom stereocenters. The number of rotatable bonds is 4. The molecule has 1 saturated heterocycles. The fourth-order valence-corrected chi connectivity index (χ4v) is 3.40. The zero-order valence-electron chi connectivity index (χ0n) is 10.8. The molecule has 7 nitrogen and oxygen atoms in total. The van der Waals surface area contributed by atoms with Crippen molar-refractivity contribution < 1.29 is 22.1 Å². The highest BCUT2D eigenvalue weighted by Crippen LogP contribution is 2.27. The van der Waals surface area contributed by atoms with Crippen LogP contribution in [0.3, 0.4) is 0 Å². The van der Waals surface area contributed by atoms with Crippen molar-refractivity contribution in [1.82, 2.24) is 10.1 Å². The third-order valence-electron chi connectivity index (χ3n) is 3.19. The SMILES string of the molecule is NCc1nc(-c2ccc(S(=O)(=O)C3COC3)c(F)c2)no1. The second-order valence-electron chi connectivity index (χ2n) is 4.57. The second kappa shape index (κ2) is 5.17. The van der Waals surface area contributed by atoms with Gasteiger partial charge in [0.05, 0.1) is 19.8 Å². The summed E-state index contributed by atoms with van der Waals surface area (Å²) >= 11 is 0. The second-order valence-corrected chi connectivity index (χ2v) is 6.76. The van der Waals surface area contributed by atoms with E-state index in [1.54, 1.807) is 0 Å². The van der Waals surface area contributed by atoms with E-state index in [0.717, 1.165) is 6.07 Å². The largest absolute Gasteiger partial charge is 0.379 e. The van der Waals surface area contributed by atoms with Crippen LogP contribution in [0, 0.1) is 5.82 Å². The Hall–Kier alpha value is -1.84. The van der Waals surface area contributed by atoms with Crippen LogP contribution < -0.4 is 5.73 Å². The zero-order chi connectivity index (χ0) is 15.0. The van der Waals surface area contributed by atoms with Crippen LogP contribution >= 0.6 is 0 Å². The predicted octanol–water partition coefficient (Wildman–Crippen LogP) is 0.507. The number of halogens is 1. The van der Waals surface area contributed by atoms with Crippen molar-refractivity contribution in [2.45, 2.75) is 16.7 Å². The highest BCUT2D eigenvalue weighted by atomic mass is 32.2. The molecule has 0 amide bonds. The molecule has 0 spiro atoms. The average Bonchev–Trinajstić information content (AvgIpc) is 2.84. The molecule has 112 valence electrons. The van der Waals surface area contributed by atoms with Gasteiger partial charge in [-0.15, -0.1) is 0 Å². The molecule has 21 heavy (non-hydrogen) atoms. The number of hydrogen-bond donors (Lipinski definition) is 1. The highest BCUT2D eigenvalue weighted by molar-refractivity contribution is 7.92. The lowest BCUT2D eigenvalue weighted by Gasteiger charge is -2.25. The van der Waals surface area contributed by atoms with Crippen LogP contribution in [0.15, 0.2) is 27.6 Å². The van der Waals surface area contributed by atoms with Gasteiger partial charge in [0.15, 0.2) is 9.84 Å². The maximum absolute atomic E-state index is 14.1. The Labute approximate surface area is 119 Å². The van der Waals surface area contributed by atoms with Gasteiger partial charge in [-0.2, -0.15) is 4.98 Å². The molecule has 2 aromatic rings. The van der Waals surface area contributed by atoms with Crippen molar-refractivity contribution in [3.05, 3.63) is 29.9 Å². The Morgan fingerprint density at radius 3 is 2.67 bits per heavy atom. The minimum Gasteiger partial charge on any atom is -0.379 e. The van der Waals surface area contributed by atoms with Gasteiger partial charge in [0.2, 0.25) is 11.7 Å². The van der Waals surface area contributed by atoms with Crippen LogP contribution in [0.5, 0.6) is 0 Å². The Kier molecular flexibility index (Phi) is 3.47. The molecular formula is C12H12FN3O4S. The van der Waals surface area contributed by atoms with Gasteiger partial charge >= 0.3 is 0 Å². The lowest BCUT2D eigenvalue weighted by molar-refractivity contribution is 0.0415. The molecular weight excluding hydrogens is 301 g/mol. The molecule has 1 aromatic carbocycles. The first-order valence-corrected chi connectivity index (χ1v) is 7.71. The van der Waals surface area contributed by atoms with E-state index in [-0.39, 0.29) is 36.4 Å². The van der Waals surface area contributed by atoms with Crippen LogP contribution in [0.2, 0.25) is 0 Å². The number of nitrogens with zero attached hydrogens (tertiary/aromatic N) is 2. The Morgan fingerprint density at radius 1 is 1.38 bits per heavy atom. The first-order valence-electron chi connectivity index (χ1n) is 6.16. The summed E-state index contributed by atoms with van der Waals surface area (Å²) in [6.07, 6.45) is 0. The maximum atomic E-state index is 14.1. The van der Waals surface area contributed by atoms with Crippen LogP contribution in [0.25, 0.3) is 11.4 Å². The average molecular weight is 313 g/mol. The van der Waals surface area contributed by atoms with Crippen molar-refractivity contribution in [3.8, 4) is 11.4 Å². The topological polar surface area (TPSA) is 108 Å². The number of nitrogens with two attached hydrogens (primary N) is 1. The van der Waals surface area contributed by atoms with Gasteiger partial charge in [-0.05, 0) is 18.2 Å². The van der Waals surface area contributed by atoms with Gasteiger partial charge in [0.1, 0.15) is 16.0 Å². The van der Waals surface area contributed by atoms with Crippen molar-refractivity contribution in [3.63, 3.8) is 0 Å². The summed E-state index contributed by atoms with van der Waals surface area (Å²) < 4.78 is 48.1. The summed E-state index contributed by atoms with van der Waals surface area (Å²) in [7, 11) is -3.72. The normalized spacial score (nSPS) is 15.9. The standard InChI is InChI=1S/C12H12FN3O4S/c13-9-3-7(12-15-11(4-14)20-16-12)1-2-10(9)21(17,18)8-5-19-6-8/h1-3,8H,4-6,14H2. The van der Waals surface area contributed by atoms with Crippen LogP contribution in [-0.2, 0) is 21.1 Å². The molecule has 0 saturated carbocycles. The summed E-state index contributed by atoms with van der Waals surface area (Å²) in [5.41, 5.74) is 5.67.